The van der Waals surface area contributed by atoms with Crippen molar-refractivity contribution >= 4 is 11.6 Å². The molecule has 2 rings (SSSR count). The van der Waals surface area contributed by atoms with Crippen LogP contribution in [0.4, 0.5) is 10.1 Å². The van der Waals surface area contributed by atoms with Crippen LogP contribution in [0.25, 0.3) is 0 Å². The zero-order chi connectivity index (χ0) is 14.4. The Morgan fingerprint density at radius 1 is 1.30 bits per heavy atom. The predicted molar refractivity (Wildman–Crippen MR) is 69.7 cm³/mol. The average Bonchev–Trinajstić information content (AvgIpc) is 2.46. The SMILES string of the molecule is N#CCOc1ccccc1NC(=O)c1cccc(F)n1. The number of rotatable bonds is 4. The Kier molecular flexibility index (Phi) is 4.24. The van der Waals surface area contributed by atoms with Crippen molar-refractivity contribution in [3.63, 3.8) is 0 Å². The molecule has 5 nitrogen and oxygen atoms in total. The van der Waals surface area contributed by atoms with Gasteiger partial charge in [-0.2, -0.15) is 9.65 Å². The van der Waals surface area contributed by atoms with Gasteiger partial charge < -0.3 is 10.1 Å². The molecule has 6 heteroatoms. The molecule has 2 aromatic rings. The molecule has 0 aliphatic heterocycles. The monoisotopic (exact) mass is 271 g/mol. The second-order valence-corrected chi connectivity index (χ2v) is 3.74. The molecule has 1 aromatic carbocycles. The summed E-state index contributed by atoms with van der Waals surface area (Å²) in [7, 11) is 0. The number of aromatic nitrogens is 1. The molecule has 0 unspecified atom stereocenters. The molecule has 0 aliphatic rings. The van der Waals surface area contributed by atoms with Crippen LogP contribution in [0, 0.1) is 17.3 Å². The Labute approximate surface area is 114 Å². The van der Waals surface area contributed by atoms with Crippen LogP contribution in [0.1, 0.15) is 10.5 Å². The van der Waals surface area contributed by atoms with Crippen molar-refractivity contribution in [3.05, 3.63) is 54.1 Å². The number of ether oxygens (including phenoxy) is 1. The minimum Gasteiger partial charge on any atom is -0.477 e. The van der Waals surface area contributed by atoms with Crippen molar-refractivity contribution in [2.45, 2.75) is 0 Å². The van der Waals surface area contributed by atoms with E-state index in [1.807, 2.05) is 6.07 Å². The summed E-state index contributed by atoms with van der Waals surface area (Å²) in [6.07, 6.45) is 0. The molecular weight excluding hydrogens is 261 g/mol. The highest BCUT2D eigenvalue weighted by atomic mass is 19.1. The molecule has 0 spiro atoms. The van der Waals surface area contributed by atoms with Gasteiger partial charge in [-0.1, -0.05) is 18.2 Å². The normalized spacial score (nSPS) is 9.60. The topological polar surface area (TPSA) is 75.0 Å². The van der Waals surface area contributed by atoms with Gasteiger partial charge in [0.2, 0.25) is 5.95 Å². The molecule has 100 valence electrons. The van der Waals surface area contributed by atoms with Gasteiger partial charge in [-0.05, 0) is 24.3 Å². The first-order valence-electron chi connectivity index (χ1n) is 5.73. The number of halogens is 1. The maximum absolute atomic E-state index is 13.0. The van der Waals surface area contributed by atoms with Crippen LogP contribution >= 0.6 is 0 Å². The van der Waals surface area contributed by atoms with Gasteiger partial charge in [0.25, 0.3) is 5.91 Å². The minimum atomic E-state index is -0.730. The van der Waals surface area contributed by atoms with Crippen LogP contribution in [0.5, 0.6) is 5.75 Å². The zero-order valence-corrected chi connectivity index (χ0v) is 10.3. The molecule has 1 amide bonds. The number of hydrogen-bond acceptors (Lipinski definition) is 4. The first kappa shape index (κ1) is 13.5. The summed E-state index contributed by atoms with van der Waals surface area (Å²) in [6.45, 7) is -0.134. The van der Waals surface area contributed by atoms with Gasteiger partial charge in [0.05, 0.1) is 5.69 Å². The van der Waals surface area contributed by atoms with Gasteiger partial charge in [-0.25, -0.2) is 4.98 Å². The molecule has 1 aromatic heterocycles. The lowest BCUT2D eigenvalue weighted by atomic mass is 10.2. The van der Waals surface area contributed by atoms with Crippen molar-refractivity contribution in [2.75, 3.05) is 11.9 Å². The lowest BCUT2D eigenvalue weighted by Crippen LogP contribution is -2.15. The molecule has 0 atom stereocenters. The van der Waals surface area contributed by atoms with Crippen molar-refractivity contribution < 1.29 is 13.9 Å². The number of benzene rings is 1. The van der Waals surface area contributed by atoms with Gasteiger partial charge in [-0.15, -0.1) is 0 Å². The Morgan fingerprint density at radius 2 is 2.10 bits per heavy atom. The third-order valence-electron chi connectivity index (χ3n) is 2.38. The predicted octanol–water partition coefficient (Wildman–Crippen LogP) is 2.38. The second-order valence-electron chi connectivity index (χ2n) is 3.74. The van der Waals surface area contributed by atoms with E-state index in [2.05, 4.69) is 10.3 Å². The molecule has 0 bridgehead atoms. The molecule has 0 aliphatic carbocycles. The molecule has 0 fully saturated rings. The van der Waals surface area contributed by atoms with Crippen LogP contribution < -0.4 is 10.1 Å². The second kappa shape index (κ2) is 6.29. The van der Waals surface area contributed by atoms with Crippen molar-refractivity contribution in [2.24, 2.45) is 0 Å². The summed E-state index contributed by atoms with van der Waals surface area (Å²) < 4.78 is 18.1. The summed E-state index contributed by atoms with van der Waals surface area (Å²) >= 11 is 0. The minimum absolute atomic E-state index is 0.0416. The lowest BCUT2D eigenvalue weighted by molar-refractivity contribution is 0.102. The van der Waals surface area contributed by atoms with E-state index in [0.29, 0.717) is 11.4 Å². The van der Waals surface area contributed by atoms with Gasteiger partial charge in [0.1, 0.15) is 17.5 Å². The third kappa shape index (κ3) is 3.29. The highest BCUT2D eigenvalue weighted by Gasteiger charge is 2.11. The standard InChI is InChI=1S/C14H10FN3O2/c15-13-7-3-5-11(17-13)14(19)18-10-4-1-2-6-12(10)20-9-8-16/h1-7H,9H2,(H,18,19). The van der Waals surface area contributed by atoms with Crippen molar-refractivity contribution in [1.82, 2.24) is 4.98 Å². The Bertz CT molecular complexity index is 667. The first-order valence-corrected chi connectivity index (χ1v) is 5.73. The van der Waals surface area contributed by atoms with Crippen LogP contribution in [0.2, 0.25) is 0 Å². The summed E-state index contributed by atoms with van der Waals surface area (Å²) in [5.41, 5.74) is 0.346. The molecule has 1 heterocycles. The van der Waals surface area contributed by atoms with Gasteiger partial charge in [0, 0.05) is 0 Å². The molecule has 1 N–H and O–H groups in total. The number of carbonyl (C=O) groups excluding carboxylic acids is 1. The van der Waals surface area contributed by atoms with Crippen LogP contribution in [-0.4, -0.2) is 17.5 Å². The summed E-state index contributed by atoms with van der Waals surface area (Å²) in [5.74, 6) is -0.928. The lowest BCUT2D eigenvalue weighted by Gasteiger charge is -2.10. The fraction of sp³-hybridized carbons (Fsp3) is 0.0714. The number of nitriles is 1. The number of para-hydroxylation sites is 2. The van der Waals surface area contributed by atoms with Crippen molar-refractivity contribution in [3.8, 4) is 11.8 Å². The van der Waals surface area contributed by atoms with Gasteiger partial charge in [0.15, 0.2) is 6.61 Å². The first-order chi connectivity index (χ1) is 9.70. The van der Waals surface area contributed by atoms with Crippen LogP contribution in [0.3, 0.4) is 0 Å². The van der Waals surface area contributed by atoms with E-state index in [1.165, 1.54) is 12.1 Å². The van der Waals surface area contributed by atoms with E-state index < -0.39 is 11.9 Å². The zero-order valence-electron chi connectivity index (χ0n) is 10.3. The maximum Gasteiger partial charge on any atom is 0.274 e. The average molecular weight is 271 g/mol. The number of carbonyl (C=O) groups is 1. The van der Waals surface area contributed by atoms with Gasteiger partial charge >= 0.3 is 0 Å². The summed E-state index contributed by atoms with van der Waals surface area (Å²) in [5, 5.41) is 11.1. The number of hydrogen-bond donors (Lipinski definition) is 1. The number of anilines is 1. The van der Waals surface area contributed by atoms with E-state index in [-0.39, 0.29) is 12.3 Å². The van der Waals surface area contributed by atoms with E-state index in [0.717, 1.165) is 6.07 Å². The van der Waals surface area contributed by atoms with E-state index in [4.69, 9.17) is 10.00 Å². The molecule has 0 saturated heterocycles. The third-order valence-corrected chi connectivity index (χ3v) is 2.38. The number of amides is 1. The van der Waals surface area contributed by atoms with Gasteiger partial charge in [-0.3, -0.25) is 4.79 Å². The largest absolute Gasteiger partial charge is 0.477 e. The smallest absolute Gasteiger partial charge is 0.274 e. The quantitative estimate of drug-likeness (QED) is 0.866. The van der Waals surface area contributed by atoms with E-state index in [9.17, 15) is 9.18 Å². The number of nitrogens with one attached hydrogen (secondary N) is 1. The summed E-state index contributed by atoms with van der Waals surface area (Å²) in [4.78, 5) is 15.4. The Balaban J connectivity index is 2.18. The fourth-order valence-electron chi connectivity index (χ4n) is 1.53. The maximum atomic E-state index is 13.0. The Morgan fingerprint density at radius 3 is 2.85 bits per heavy atom. The highest BCUT2D eigenvalue weighted by molar-refractivity contribution is 6.03. The fourth-order valence-corrected chi connectivity index (χ4v) is 1.53. The molecule has 0 radical (unpaired) electrons. The summed E-state index contributed by atoms with van der Waals surface area (Å²) in [6, 6.07) is 12.4. The van der Waals surface area contributed by atoms with E-state index >= 15 is 0 Å². The number of pyridine rings is 1. The van der Waals surface area contributed by atoms with E-state index in [1.54, 1.807) is 24.3 Å². The van der Waals surface area contributed by atoms with Crippen molar-refractivity contribution in [1.29, 1.82) is 5.26 Å². The molecule has 20 heavy (non-hydrogen) atoms. The molecular formula is C14H10FN3O2. The van der Waals surface area contributed by atoms with Crippen LogP contribution in [0.15, 0.2) is 42.5 Å². The highest BCUT2D eigenvalue weighted by Crippen LogP contribution is 2.24. The molecule has 0 saturated carbocycles. The number of nitrogens with zero attached hydrogens (tertiary/aromatic N) is 2. The van der Waals surface area contributed by atoms with Crippen LogP contribution in [-0.2, 0) is 0 Å². The Hall–Kier alpha value is -2.94.